The van der Waals surface area contributed by atoms with Crippen molar-refractivity contribution >= 4 is 16.5 Å². The fraction of sp³-hybridized carbons (Fsp3) is 0.778. The van der Waals surface area contributed by atoms with Gasteiger partial charge in [-0.05, 0) is 20.8 Å². The number of nitrogens with zero attached hydrogens (tertiary/aromatic N) is 2. The zero-order chi connectivity index (χ0) is 12.0. The molecule has 3 N–H and O–H groups in total. The average molecular weight is 246 g/mol. The van der Waals surface area contributed by atoms with E-state index in [-0.39, 0.29) is 5.60 Å². The van der Waals surface area contributed by atoms with E-state index in [0.717, 1.165) is 10.7 Å². The number of rotatable bonds is 6. The summed E-state index contributed by atoms with van der Waals surface area (Å²) >= 11 is 1.21. The van der Waals surface area contributed by atoms with Crippen molar-refractivity contribution in [1.29, 1.82) is 0 Å². The maximum atomic E-state index is 5.51. The number of nitrogens with one attached hydrogen (secondary N) is 1. The van der Waals surface area contributed by atoms with Gasteiger partial charge in [0, 0.05) is 11.5 Å². The topological polar surface area (TPSA) is 82.3 Å². The summed E-state index contributed by atoms with van der Waals surface area (Å²) in [5, 5.41) is 4.63. The molecular formula is C9H18N4O2S. The molecule has 0 atom stereocenters. The van der Waals surface area contributed by atoms with Gasteiger partial charge in [0.05, 0.1) is 25.4 Å². The average Bonchev–Trinajstić information content (AvgIpc) is 2.63. The zero-order valence-corrected chi connectivity index (χ0v) is 10.6. The number of anilines is 1. The first kappa shape index (κ1) is 13.3. The van der Waals surface area contributed by atoms with Crippen molar-refractivity contribution in [2.75, 3.05) is 18.6 Å². The third kappa shape index (κ3) is 4.84. The molecule has 1 aromatic heterocycles. The van der Waals surface area contributed by atoms with Crippen molar-refractivity contribution in [3.63, 3.8) is 0 Å². The lowest BCUT2D eigenvalue weighted by Gasteiger charge is -2.19. The molecule has 16 heavy (non-hydrogen) atoms. The van der Waals surface area contributed by atoms with Gasteiger partial charge in [-0.3, -0.25) is 0 Å². The summed E-state index contributed by atoms with van der Waals surface area (Å²) in [6, 6.07) is 0. The van der Waals surface area contributed by atoms with Gasteiger partial charge in [-0.1, -0.05) is 4.49 Å². The third-order valence-electron chi connectivity index (χ3n) is 1.69. The summed E-state index contributed by atoms with van der Waals surface area (Å²) in [5.41, 5.74) is 3.12. The van der Waals surface area contributed by atoms with Crippen LogP contribution in [0.4, 0.5) is 5.00 Å². The van der Waals surface area contributed by atoms with Gasteiger partial charge in [0.2, 0.25) is 0 Å². The normalized spacial score (nSPS) is 11.8. The number of nitrogens with two attached hydrogens (primary N) is 1. The third-order valence-corrected chi connectivity index (χ3v) is 2.39. The molecule has 0 radical (unpaired) electrons. The minimum atomic E-state index is -0.129. The van der Waals surface area contributed by atoms with Crippen LogP contribution in [0.5, 0.6) is 0 Å². The molecule has 0 aromatic carbocycles. The zero-order valence-electron chi connectivity index (χ0n) is 9.82. The Morgan fingerprint density at radius 2 is 2.12 bits per heavy atom. The molecule has 0 fully saturated rings. The minimum Gasteiger partial charge on any atom is -0.373 e. The molecule has 7 heteroatoms. The molecule has 0 aliphatic carbocycles. The van der Waals surface area contributed by atoms with Crippen molar-refractivity contribution in [2.45, 2.75) is 33.0 Å². The van der Waals surface area contributed by atoms with Gasteiger partial charge in [-0.15, -0.1) is 5.10 Å². The molecule has 1 aromatic rings. The number of hydrogen-bond donors (Lipinski definition) is 2. The second-order valence-electron chi connectivity index (χ2n) is 4.21. The number of hydrogen-bond acceptors (Lipinski definition) is 7. The van der Waals surface area contributed by atoms with Crippen molar-refractivity contribution in [1.82, 2.24) is 9.59 Å². The molecule has 0 aliphatic heterocycles. The quantitative estimate of drug-likeness (QED) is 0.445. The van der Waals surface area contributed by atoms with Gasteiger partial charge < -0.3 is 14.9 Å². The Hall–Kier alpha value is -0.760. The monoisotopic (exact) mass is 246 g/mol. The van der Waals surface area contributed by atoms with Crippen molar-refractivity contribution in [3.05, 3.63) is 5.69 Å². The van der Waals surface area contributed by atoms with Crippen LogP contribution in [0.3, 0.4) is 0 Å². The molecule has 0 amide bonds. The summed E-state index contributed by atoms with van der Waals surface area (Å²) in [6.45, 7) is 7.50. The number of ether oxygens (including phenoxy) is 2. The smallest absolute Gasteiger partial charge is 0.149 e. The van der Waals surface area contributed by atoms with Crippen molar-refractivity contribution in [3.8, 4) is 0 Å². The lowest BCUT2D eigenvalue weighted by Crippen LogP contribution is -2.21. The fourth-order valence-corrected chi connectivity index (χ4v) is 1.47. The first-order valence-electron chi connectivity index (χ1n) is 5.02. The van der Waals surface area contributed by atoms with Crippen molar-refractivity contribution in [2.24, 2.45) is 5.84 Å². The highest BCUT2D eigenvalue weighted by Gasteiger charge is 2.10. The predicted octanol–water partition coefficient (Wildman–Crippen LogP) is 1.16. The molecule has 92 valence electrons. The molecule has 0 saturated heterocycles. The van der Waals surface area contributed by atoms with Gasteiger partial charge in [0.25, 0.3) is 0 Å². The van der Waals surface area contributed by atoms with Gasteiger partial charge in [-0.2, -0.15) is 0 Å². The van der Waals surface area contributed by atoms with Crippen LogP contribution in [-0.4, -0.2) is 28.4 Å². The van der Waals surface area contributed by atoms with E-state index >= 15 is 0 Å². The Morgan fingerprint density at radius 3 is 2.75 bits per heavy atom. The maximum absolute atomic E-state index is 5.51. The van der Waals surface area contributed by atoms with Crippen LogP contribution in [-0.2, 0) is 16.1 Å². The highest BCUT2D eigenvalue weighted by atomic mass is 32.1. The minimum absolute atomic E-state index is 0.129. The summed E-state index contributed by atoms with van der Waals surface area (Å²) in [4.78, 5) is 0. The van der Waals surface area contributed by atoms with E-state index in [1.165, 1.54) is 11.5 Å². The first-order valence-corrected chi connectivity index (χ1v) is 5.80. The number of hydrazine groups is 1. The van der Waals surface area contributed by atoms with Gasteiger partial charge in [0.15, 0.2) is 0 Å². The Balaban J connectivity index is 2.16. The van der Waals surface area contributed by atoms with E-state index in [4.69, 9.17) is 15.3 Å². The highest BCUT2D eigenvalue weighted by molar-refractivity contribution is 7.10. The lowest BCUT2D eigenvalue weighted by molar-refractivity contribution is -0.0379. The molecular weight excluding hydrogens is 228 g/mol. The molecule has 1 heterocycles. The van der Waals surface area contributed by atoms with Crippen LogP contribution in [0.25, 0.3) is 0 Å². The number of nitrogen functional groups attached to an aromatic ring is 1. The molecule has 0 spiro atoms. The second kappa shape index (κ2) is 6.09. The van der Waals surface area contributed by atoms with E-state index < -0.39 is 0 Å². The summed E-state index contributed by atoms with van der Waals surface area (Å²) in [7, 11) is 0. The van der Waals surface area contributed by atoms with Gasteiger partial charge >= 0.3 is 0 Å². The summed E-state index contributed by atoms with van der Waals surface area (Å²) < 4.78 is 14.7. The van der Waals surface area contributed by atoms with Crippen LogP contribution >= 0.6 is 11.5 Å². The van der Waals surface area contributed by atoms with E-state index in [0.29, 0.717) is 19.8 Å². The van der Waals surface area contributed by atoms with E-state index in [1.807, 2.05) is 20.8 Å². The van der Waals surface area contributed by atoms with E-state index in [2.05, 4.69) is 15.0 Å². The molecule has 6 nitrogen and oxygen atoms in total. The fourth-order valence-electron chi connectivity index (χ4n) is 0.988. The highest BCUT2D eigenvalue weighted by Crippen LogP contribution is 2.16. The Labute approximate surface area is 99.3 Å². The SMILES string of the molecule is CC(C)(C)OCCOCc1nnsc1NN. The first-order chi connectivity index (χ1) is 7.53. The standard InChI is InChI=1S/C9H18N4O2S/c1-9(2,3)15-5-4-14-6-7-8(11-10)16-13-12-7/h11H,4-6,10H2,1-3H3. The Morgan fingerprint density at radius 1 is 1.38 bits per heavy atom. The summed E-state index contributed by atoms with van der Waals surface area (Å²) in [6.07, 6.45) is 0. The largest absolute Gasteiger partial charge is 0.373 e. The molecule has 0 aliphatic rings. The maximum Gasteiger partial charge on any atom is 0.149 e. The van der Waals surface area contributed by atoms with Crippen LogP contribution in [0, 0.1) is 0 Å². The number of aromatic nitrogens is 2. The second-order valence-corrected chi connectivity index (χ2v) is 4.96. The molecule has 1 rings (SSSR count). The summed E-state index contributed by atoms with van der Waals surface area (Å²) in [5.74, 6) is 5.28. The van der Waals surface area contributed by atoms with Crippen LogP contribution in [0.2, 0.25) is 0 Å². The Kier molecular flexibility index (Phi) is 5.07. The van der Waals surface area contributed by atoms with E-state index in [1.54, 1.807) is 0 Å². The predicted molar refractivity (Wildman–Crippen MR) is 63.1 cm³/mol. The van der Waals surface area contributed by atoms with Crippen LogP contribution < -0.4 is 11.3 Å². The lowest BCUT2D eigenvalue weighted by atomic mass is 10.2. The van der Waals surface area contributed by atoms with Crippen LogP contribution in [0.1, 0.15) is 26.5 Å². The Bertz CT molecular complexity index is 311. The van der Waals surface area contributed by atoms with E-state index in [9.17, 15) is 0 Å². The molecule has 0 saturated carbocycles. The molecule has 0 bridgehead atoms. The van der Waals surface area contributed by atoms with Crippen LogP contribution in [0.15, 0.2) is 0 Å². The molecule has 0 unspecified atom stereocenters. The van der Waals surface area contributed by atoms with Gasteiger partial charge in [-0.25, -0.2) is 5.84 Å². The van der Waals surface area contributed by atoms with Gasteiger partial charge in [0.1, 0.15) is 10.7 Å². The van der Waals surface area contributed by atoms with Crippen molar-refractivity contribution < 1.29 is 9.47 Å².